The molecule has 0 aliphatic heterocycles. The van der Waals surface area contributed by atoms with Crippen molar-refractivity contribution in [1.82, 2.24) is 5.32 Å². The highest BCUT2D eigenvalue weighted by Gasteiger charge is 2.31. The number of rotatable bonds is 1. The minimum Gasteiger partial charge on any atom is -0.349 e. The van der Waals surface area contributed by atoms with Crippen LogP contribution >= 0.6 is 34.8 Å². The van der Waals surface area contributed by atoms with E-state index in [0.29, 0.717) is 0 Å². The highest BCUT2D eigenvalue weighted by atomic mass is 35.6. The zero-order valence-electron chi connectivity index (χ0n) is 6.90. The Bertz CT molecular complexity index is 222. The summed E-state index contributed by atoms with van der Waals surface area (Å²) in [5.41, 5.74) is 0. The van der Waals surface area contributed by atoms with Crippen LogP contribution in [0.5, 0.6) is 0 Å². The molecule has 2 nitrogen and oxygen atoms in total. The Labute approximate surface area is 92.2 Å². The number of hydrogen-bond donors (Lipinski definition) is 1. The average molecular weight is 243 g/mol. The molecule has 1 aliphatic rings. The highest BCUT2D eigenvalue weighted by Crippen LogP contribution is 2.26. The zero-order chi connectivity index (χ0) is 9.90. The SMILES string of the molecule is O=C(NC1CC=CCC1)C(Cl)(Cl)Cl. The maximum Gasteiger partial charge on any atom is 0.272 e. The van der Waals surface area contributed by atoms with Gasteiger partial charge in [0.25, 0.3) is 9.70 Å². The molecule has 0 fully saturated rings. The monoisotopic (exact) mass is 241 g/mol. The van der Waals surface area contributed by atoms with Gasteiger partial charge in [0.15, 0.2) is 0 Å². The van der Waals surface area contributed by atoms with Gasteiger partial charge in [0, 0.05) is 6.04 Å². The molecular weight excluding hydrogens is 232 g/mol. The van der Waals surface area contributed by atoms with Gasteiger partial charge in [0.2, 0.25) is 0 Å². The molecule has 1 rings (SSSR count). The van der Waals surface area contributed by atoms with Gasteiger partial charge in [-0.05, 0) is 19.3 Å². The molecule has 1 N–H and O–H groups in total. The molecule has 0 radical (unpaired) electrons. The van der Waals surface area contributed by atoms with E-state index < -0.39 is 9.70 Å². The molecule has 1 atom stereocenters. The van der Waals surface area contributed by atoms with Crippen molar-refractivity contribution in [3.63, 3.8) is 0 Å². The normalized spacial score (nSPS) is 22.8. The first-order valence-corrected chi connectivity index (χ1v) is 5.16. The Kier molecular flexibility index (Phi) is 3.89. The van der Waals surface area contributed by atoms with E-state index in [1.807, 2.05) is 6.08 Å². The Morgan fingerprint density at radius 3 is 2.54 bits per heavy atom. The quantitative estimate of drug-likeness (QED) is 0.556. The molecule has 0 saturated carbocycles. The van der Waals surface area contributed by atoms with Gasteiger partial charge >= 0.3 is 0 Å². The van der Waals surface area contributed by atoms with E-state index in [1.165, 1.54) is 0 Å². The molecule has 13 heavy (non-hydrogen) atoms. The van der Waals surface area contributed by atoms with Crippen LogP contribution in [0.3, 0.4) is 0 Å². The Morgan fingerprint density at radius 2 is 2.08 bits per heavy atom. The van der Waals surface area contributed by atoms with Crippen LogP contribution in [0.25, 0.3) is 0 Å². The van der Waals surface area contributed by atoms with Crippen LogP contribution in [0.1, 0.15) is 19.3 Å². The van der Waals surface area contributed by atoms with Crippen molar-refractivity contribution in [1.29, 1.82) is 0 Å². The summed E-state index contributed by atoms with van der Waals surface area (Å²) in [6.45, 7) is 0. The number of allylic oxidation sites excluding steroid dienone is 1. The summed E-state index contributed by atoms with van der Waals surface area (Å²) < 4.78 is -1.85. The summed E-state index contributed by atoms with van der Waals surface area (Å²) in [6, 6.07) is 0.105. The van der Waals surface area contributed by atoms with Crippen molar-refractivity contribution in [2.24, 2.45) is 0 Å². The Hall–Kier alpha value is 0.0800. The Morgan fingerprint density at radius 1 is 1.38 bits per heavy atom. The summed E-state index contributed by atoms with van der Waals surface area (Å²) in [4.78, 5) is 11.2. The molecule has 0 spiro atoms. The van der Waals surface area contributed by atoms with Crippen molar-refractivity contribution in [2.75, 3.05) is 0 Å². The molecule has 1 aliphatic carbocycles. The third-order valence-corrected chi connectivity index (χ3v) is 2.38. The standard InChI is InChI=1S/C8H10Cl3NO/c9-8(10,11)7(13)12-6-4-2-1-3-5-6/h1-2,6H,3-5H2,(H,12,13). The van der Waals surface area contributed by atoms with Crippen LogP contribution in [0.4, 0.5) is 0 Å². The van der Waals surface area contributed by atoms with E-state index in [0.717, 1.165) is 19.3 Å². The first kappa shape index (κ1) is 11.2. The molecule has 1 unspecified atom stereocenters. The van der Waals surface area contributed by atoms with Gasteiger partial charge < -0.3 is 5.32 Å². The molecule has 0 aromatic heterocycles. The molecular formula is C8H10Cl3NO. The molecule has 74 valence electrons. The fourth-order valence-electron chi connectivity index (χ4n) is 1.19. The lowest BCUT2D eigenvalue weighted by Gasteiger charge is -2.21. The fraction of sp³-hybridized carbons (Fsp3) is 0.625. The second kappa shape index (κ2) is 4.54. The molecule has 0 heterocycles. The van der Waals surface area contributed by atoms with Crippen molar-refractivity contribution in [3.8, 4) is 0 Å². The lowest BCUT2D eigenvalue weighted by atomic mass is 10.0. The van der Waals surface area contributed by atoms with Crippen LogP contribution in [-0.2, 0) is 4.79 Å². The predicted octanol–water partition coefficient (Wildman–Crippen LogP) is 2.58. The summed E-state index contributed by atoms with van der Waals surface area (Å²) in [6.07, 6.45) is 6.78. The topological polar surface area (TPSA) is 29.1 Å². The summed E-state index contributed by atoms with van der Waals surface area (Å²) >= 11 is 16.2. The average Bonchev–Trinajstić information content (AvgIpc) is 2.04. The summed E-state index contributed by atoms with van der Waals surface area (Å²) in [7, 11) is 0. The number of hydrogen-bond acceptors (Lipinski definition) is 1. The van der Waals surface area contributed by atoms with Crippen LogP contribution < -0.4 is 5.32 Å². The van der Waals surface area contributed by atoms with Gasteiger partial charge in [-0.3, -0.25) is 4.79 Å². The molecule has 5 heteroatoms. The molecule has 0 aromatic carbocycles. The van der Waals surface area contributed by atoms with Gasteiger partial charge in [-0.1, -0.05) is 47.0 Å². The van der Waals surface area contributed by atoms with E-state index in [-0.39, 0.29) is 6.04 Å². The van der Waals surface area contributed by atoms with Gasteiger partial charge in [-0.15, -0.1) is 0 Å². The third kappa shape index (κ3) is 3.75. The van der Waals surface area contributed by atoms with Gasteiger partial charge in [-0.25, -0.2) is 0 Å². The smallest absolute Gasteiger partial charge is 0.272 e. The number of carbonyl (C=O) groups excluding carboxylic acids is 1. The number of halogens is 3. The zero-order valence-corrected chi connectivity index (χ0v) is 9.16. The predicted molar refractivity (Wildman–Crippen MR) is 55.2 cm³/mol. The van der Waals surface area contributed by atoms with Gasteiger partial charge in [0.1, 0.15) is 0 Å². The van der Waals surface area contributed by atoms with Crippen molar-refractivity contribution in [2.45, 2.75) is 29.1 Å². The second-order valence-electron chi connectivity index (χ2n) is 2.95. The van der Waals surface area contributed by atoms with Crippen LogP contribution in [0.2, 0.25) is 0 Å². The lowest BCUT2D eigenvalue weighted by Crippen LogP contribution is -2.41. The van der Waals surface area contributed by atoms with Crippen LogP contribution in [0, 0.1) is 0 Å². The number of amides is 1. The Balaban J connectivity index is 2.40. The summed E-state index contributed by atoms with van der Waals surface area (Å²) in [5.74, 6) is -0.544. The third-order valence-electron chi connectivity index (χ3n) is 1.86. The van der Waals surface area contributed by atoms with E-state index in [1.54, 1.807) is 0 Å². The number of alkyl halides is 3. The van der Waals surface area contributed by atoms with Crippen molar-refractivity contribution < 1.29 is 4.79 Å². The van der Waals surface area contributed by atoms with E-state index in [2.05, 4.69) is 11.4 Å². The van der Waals surface area contributed by atoms with E-state index in [4.69, 9.17) is 34.8 Å². The summed E-state index contributed by atoms with van der Waals surface area (Å²) in [5, 5.41) is 2.67. The first-order chi connectivity index (χ1) is 6.00. The first-order valence-electron chi connectivity index (χ1n) is 4.03. The van der Waals surface area contributed by atoms with Gasteiger partial charge in [-0.2, -0.15) is 0 Å². The lowest BCUT2D eigenvalue weighted by molar-refractivity contribution is -0.120. The van der Waals surface area contributed by atoms with Crippen molar-refractivity contribution in [3.05, 3.63) is 12.2 Å². The second-order valence-corrected chi connectivity index (χ2v) is 5.23. The maximum absolute atomic E-state index is 11.2. The van der Waals surface area contributed by atoms with Crippen molar-refractivity contribution >= 4 is 40.7 Å². The van der Waals surface area contributed by atoms with E-state index in [9.17, 15) is 4.79 Å². The van der Waals surface area contributed by atoms with Gasteiger partial charge in [0.05, 0.1) is 0 Å². The largest absolute Gasteiger partial charge is 0.349 e. The molecule has 0 saturated heterocycles. The van der Waals surface area contributed by atoms with E-state index >= 15 is 0 Å². The van der Waals surface area contributed by atoms with Crippen LogP contribution in [0.15, 0.2) is 12.2 Å². The number of nitrogens with one attached hydrogen (secondary N) is 1. The van der Waals surface area contributed by atoms with Crippen LogP contribution in [-0.4, -0.2) is 15.7 Å². The molecule has 0 aromatic rings. The number of carbonyl (C=O) groups is 1. The highest BCUT2D eigenvalue weighted by molar-refractivity contribution is 6.76. The fourth-order valence-corrected chi connectivity index (χ4v) is 1.36. The minimum atomic E-state index is -1.85. The maximum atomic E-state index is 11.2. The molecule has 0 bridgehead atoms. The minimum absolute atomic E-state index is 0.105. The molecule has 1 amide bonds.